The number of carbonyl (C=O) groups is 1. The van der Waals surface area contributed by atoms with Crippen LogP contribution in [0.15, 0.2) is 29.3 Å². The molecule has 1 aliphatic rings. The quantitative estimate of drug-likeness (QED) is 0.377. The van der Waals surface area contributed by atoms with Crippen molar-refractivity contribution in [3.63, 3.8) is 0 Å². The number of guanidine groups is 1. The third kappa shape index (κ3) is 7.82. The maximum Gasteiger partial charge on any atom is 0.410 e. The number of carbonyl (C=O) groups excluding carboxylic acids is 1. The Morgan fingerprint density at radius 2 is 1.89 bits per heavy atom. The van der Waals surface area contributed by atoms with E-state index in [2.05, 4.69) is 15.6 Å². The highest BCUT2D eigenvalue weighted by Crippen LogP contribution is 2.15. The average Bonchev–Trinajstić information content (AvgIpc) is 2.54. The predicted molar refractivity (Wildman–Crippen MR) is 118 cm³/mol. The summed E-state index contributed by atoms with van der Waals surface area (Å²) in [6.45, 7) is 10.2. The molecular formula is C19H31IN4O3. The summed E-state index contributed by atoms with van der Waals surface area (Å²) < 4.78 is 10.5. The van der Waals surface area contributed by atoms with Gasteiger partial charge in [0.05, 0.1) is 19.7 Å². The number of halogens is 1. The molecular weight excluding hydrogens is 459 g/mol. The highest BCUT2D eigenvalue weighted by atomic mass is 127. The summed E-state index contributed by atoms with van der Waals surface area (Å²) in [6, 6.07) is 8.03. The van der Waals surface area contributed by atoms with Crippen molar-refractivity contribution >= 4 is 36.0 Å². The van der Waals surface area contributed by atoms with Crippen LogP contribution in [0.1, 0.15) is 33.3 Å². The molecule has 0 unspecified atom stereocenters. The molecule has 0 spiro atoms. The molecule has 0 aliphatic carbocycles. The Bertz CT molecular complexity index is 623. The zero-order valence-corrected chi connectivity index (χ0v) is 19.1. The van der Waals surface area contributed by atoms with Crippen LogP contribution in [0.25, 0.3) is 0 Å². The number of aliphatic imine (C=N–C) groups is 1. The van der Waals surface area contributed by atoms with Crippen molar-refractivity contribution in [1.82, 2.24) is 15.5 Å². The number of rotatable bonds is 5. The summed E-state index contributed by atoms with van der Waals surface area (Å²) in [5, 5.41) is 6.60. The summed E-state index contributed by atoms with van der Waals surface area (Å²) in [5.74, 6) is 1.58. The van der Waals surface area contributed by atoms with E-state index in [4.69, 9.17) is 9.47 Å². The fourth-order valence-corrected chi connectivity index (χ4v) is 2.46. The third-order valence-corrected chi connectivity index (χ3v) is 3.80. The second kappa shape index (κ2) is 10.6. The lowest BCUT2D eigenvalue weighted by atomic mass is 10.1. The Labute approximate surface area is 178 Å². The maximum atomic E-state index is 12.0. The lowest BCUT2D eigenvalue weighted by Crippen LogP contribution is -2.63. The van der Waals surface area contributed by atoms with Crippen LogP contribution in [-0.2, 0) is 11.3 Å². The van der Waals surface area contributed by atoms with Gasteiger partial charge in [0, 0.05) is 19.6 Å². The lowest BCUT2D eigenvalue weighted by molar-refractivity contribution is 0.00701. The lowest BCUT2D eigenvalue weighted by Gasteiger charge is -2.40. The summed E-state index contributed by atoms with van der Waals surface area (Å²) in [6.07, 6.45) is -0.268. The number of ether oxygens (including phenoxy) is 2. The fourth-order valence-electron chi connectivity index (χ4n) is 2.46. The molecule has 152 valence electrons. The molecule has 2 rings (SSSR count). The van der Waals surface area contributed by atoms with E-state index in [-0.39, 0.29) is 36.1 Å². The molecule has 0 aromatic heterocycles. The molecule has 1 aromatic carbocycles. The zero-order valence-electron chi connectivity index (χ0n) is 16.7. The Morgan fingerprint density at radius 1 is 1.26 bits per heavy atom. The van der Waals surface area contributed by atoms with Gasteiger partial charge in [-0.05, 0) is 45.4 Å². The molecule has 0 bridgehead atoms. The number of benzene rings is 1. The number of hydrogen-bond donors (Lipinski definition) is 2. The number of likely N-dealkylation sites (tertiary alicyclic amines) is 1. The largest absolute Gasteiger partial charge is 0.497 e. The molecule has 2 N–H and O–H groups in total. The molecule has 1 aliphatic heterocycles. The summed E-state index contributed by atoms with van der Waals surface area (Å²) >= 11 is 0. The number of methoxy groups -OCH3 is 1. The molecule has 0 radical (unpaired) electrons. The highest BCUT2D eigenvalue weighted by Gasteiger charge is 2.34. The SMILES string of the molecule is CCNC(=NCc1ccc(OC)cc1)NC1CN(C(=O)OC(C)(C)C)C1.I. The number of amides is 1. The first-order chi connectivity index (χ1) is 12.3. The second-order valence-electron chi connectivity index (χ2n) is 7.27. The molecule has 1 saturated heterocycles. The number of hydrogen-bond acceptors (Lipinski definition) is 4. The fraction of sp³-hybridized carbons (Fsp3) is 0.579. The first kappa shape index (κ1) is 23.3. The van der Waals surface area contributed by atoms with Crippen LogP contribution >= 0.6 is 24.0 Å². The van der Waals surface area contributed by atoms with E-state index in [0.717, 1.165) is 23.8 Å². The van der Waals surface area contributed by atoms with E-state index in [1.54, 1.807) is 12.0 Å². The van der Waals surface area contributed by atoms with E-state index in [0.29, 0.717) is 19.6 Å². The van der Waals surface area contributed by atoms with E-state index in [1.165, 1.54) is 0 Å². The monoisotopic (exact) mass is 490 g/mol. The second-order valence-corrected chi connectivity index (χ2v) is 7.27. The van der Waals surface area contributed by atoms with Crippen LogP contribution in [0.3, 0.4) is 0 Å². The Morgan fingerprint density at radius 3 is 2.41 bits per heavy atom. The summed E-state index contributed by atoms with van der Waals surface area (Å²) in [4.78, 5) is 18.3. The van der Waals surface area contributed by atoms with Gasteiger partial charge in [0.25, 0.3) is 0 Å². The van der Waals surface area contributed by atoms with Crippen LogP contribution in [0.2, 0.25) is 0 Å². The molecule has 1 amide bonds. The number of nitrogens with zero attached hydrogens (tertiary/aromatic N) is 2. The number of nitrogens with one attached hydrogen (secondary N) is 2. The van der Waals surface area contributed by atoms with Gasteiger partial charge in [-0.1, -0.05) is 12.1 Å². The summed E-state index contributed by atoms with van der Waals surface area (Å²) in [7, 11) is 1.65. The predicted octanol–water partition coefficient (Wildman–Crippen LogP) is 2.99. The van der Waals surface area contributed by atoms with Gasteiger partial charge in [-0.15, -0.1) is 24.0 Å². The van der Waals surface area contributed by atoms with Crippen LogP contribution in [0, 0.1) is 0 Å². The minimum Gasteiger partial charge on any atom is -0.497 e. The van der Waals surface area contributed by atoms with Gasteiger partial charge >= 0.3 is 6.09 Å². The van der Waals surface area contributed by atoms with Gasteiger partial charge in [0.15, 0.2) is 5.96 Å². The Hall–Kier alpha value is -1.71. The molecule has 1 heterocycles. The van der Waals surface area contributed by atoms with Crippen molar-refractivity contribution in [1.29, 1.82) is 0 Å². The average molecular weight is 490 g/mol. The molecule has 0 atom stereocenters. The van der Waals surface area contributed by atoms with Gasteiger partial charge in [-0.25, -0.2) is 9.79 Å². The third-order valence-electron chi connectivity index (χ3n) is 3.80. The van der Waals surface area contributed by atoms with E-state index < -0.39 is 5.60 Å². The van der Waals surface area contributed by atoms with Crippen LogP contribution in [-0.4, -0.2) is 55.3 Å². The van der Waals surface area contributed by atoms with Crippen molar-refractivity contribution in [2.75, 3.05) is 26.7 Å². The maximum absolute atomic E-state index is 12.0. The van der Waals surface area contributed by atoms with Gasteiger partial charge in [0.2, 0.25) is 0 Å². The van der Waals surface area contributed by atoms with Gasteiger partial charge in [-0.3, -0.25) is 0 Å². The topological polar surface area (TPSA) is 75.2 Å². The molecule has 8 heteroatoms. The smallest absolute Gasteiger partial charge is 0.410 e. The van der Waals surface area contributed by atoms with Gasteiger partial charge in [0.1, 0.15) is 11.4 Å². The molecule has 0 saturated carbocycles. The van der Waals surface area contributed by atoms with Crippen molar-refractivity contribution < 1.29 is 14.3 Å². The van der Waals surface area contributed by atoms with Crippen molar-refractivity contribution in [2.45, 2.75) is 45.9 Å². The highest BCUT2D eigenvalue weighted by molar-refractivity contribution is 14.0. The normalized spacial score (nSPS) is 14.7. The minimum atomic E-state index is -0.468. The molecule has 7 nitrogen and oxygen atoms in total. The van der Waals surface area contributed by atoms with E-state index in [1.807, 2.05) is 52.0 Å². The van der Waals surface area contributed by atoms with Crippen molar-refractivity contribution in [3.8, 4) is 5.75 Å². The minimum absolute atomic E-state index is 0. The summed E-state index contributed by atoms with van der Waals surface area (Å²) in [5.41, 5.74) is 0.636. The van der Waals surface area contributed by atoms with Crippen molar-refractivity contribution in [2.24, 2.45) is 4.99 Å². The van der Waals surface area contributed by atoms with Gasteiger partial charge < -0.3 is 25.0 Å². The van der Waals surface area contributed by atoms with Crippen molar-refractivity contribution in [3.05, 3.63) is 29.8 Å². The van der Waals surface area contributed by atoms with Gasteiger partial charge in [-0.2, -0.15) is 0 Å². The zero-order chi connectivity index (χ0) is 19.2. The van der Waals surface area contributed by atoms with Crippen LogP contribution in [0.5, 0.6) is 5.75 Å². The first-order valence-electron chi connectivity index (χ1n) is 8.96. The standard InChI is InChI=1S/C19H30N4O3.HI/c1-6-20-17(21-11-14-7-9-16(25-5)10-8-14)22-15-12-23(13-15)18(24)26-19(2,3)4;/h7-10,15H,6,11-13H2,1-5H3,(H2,20,21,22);1H. The van der Waals surface area contributed by atoms with E-state index in [9.17, 15) is 4.79 Å². The Balaban J connectivity index is 0.00000364. The van der Waals surface area contributed by atoms with E-state index >= 15 is 0 Å². The van der Waals surface area contributed by atoms with Crippen LogP contribution in [0.4, 0.5) is 4.79 Å². The Kier molecular flexibility index (Phi) is 9.14. The van der Waals surface area contributed by atoms with Crippen LogP contribution < -0.4 is 15.4 Å². The molecule has 27 heavy (non-hydrogen) atoms. The first-order valence-corrected chi connectivity index (χ1v) is 8.96. The molecule has 1 aromatic rings. The molecule has 1 fully saturated rings.